The van der Waals surface area contributed by atoms with E-state index in [1.807, 2.05) is 13.8 Å². The lowest BCUT2D eigenvalue weighted by atomic mass is 10.2. The van der Waals surface area contributed by atoms with Crippen LogP contribution in [0.5, 0.6) is 0 Å². The molecule has 120 valence electrons. The van der Waals surface area contributed by atoms with Gasteiger partial charge in [-0.2, -0.15) is 18.3 Å². The van der Waals surface area contributed by atoms with Gasteiger partial charge in [-0.1, -0.05) is 13.8 Å². The molecule has 8 heteroatoms. The molecule has 1 aromatic rings. The summed E-state index contributed by atoms with van der Waals surface area (Å²) in [5, 5.41) is 3.38. The number of amides is 1. The number of carbonyl (C=O) groups excluding carboxylic acids is 1. The summed E-state index contributed by atoms with van der Waals surface area (Å²) in [6.45, 7) is 5.01. The smallest absolute Gasteiger partial charge is 0.383 e. The van der Waals surface area contributed by atoms with Crippen molar-refractivity contribution in [3.8, 4) is 0 Å². The Morgan fingerprint density at radius 2 is 2.14 bits per heavy atom. The molecule has 0 aliphatic heterocycles. The van der Waals surface area contributed by atoms with Crippen LogP contribution in [0.15, 0.2) is 12.3 Å². The Morgan fingerprint density at radius 3 is 2.62 bits per heavy atom. The highest BCUT2D eigenvalue weighted by Gasteiger charge is 2.33. The fraction of sp³-hybridized carbons (Fsp3) is 0.692. The van der Waals surface area contributed by atoms with E-state index in [-0.39, 0.29) is 18.4 Å². The Kier molecular flexibility index (Phi) is 6.19. The zero-order valence-corrected chi connectivity index (χ0v) is 12.4. The molecule has 0 saturated carbocycles. The normalized spacial score (nSPS) is 12.0. The van der Waals surface area contributed by atoms with Crippen LogP contribution in [0.2, 0.25) is 0 Å². The fourth-order valence-corrected chi connectivity index (χ4v) is 1.80. The van der Waals surface area contributed by atoms with Gasteiger partial charge in [-0.15, -0.1) is 0 Å². The Hall–Kier alpha value is -1.57. The standard InChI is InChI=1S/C13H20F3N3O2/c1-10(2)8-18(6-7-21-3)12(20)9-19-5-4-11(17-19)13(14,15)16/h4-5,10H,6-9H2,1-3H3. The van der Waals surface area contributed by atoms with Crippen molar-refractivity contribution >= 4 is 5.91 Å². The summed E-state index contributed by atoms with van der Waals surface area (Å²) in [5.74, 6) is -0.0215. The summed E-state index contributed by atoms with van der Waals surface area (Å²) in [6, 6.07) is 0.856. The lowest BCUT2D eigenvalue weighted by Gasteiger charge is -2.24. The van der Waals surface area contributed by atoms with Crippen molar-refractivity contribution in [2.45, 2.75) is 26.6 Å². The van der Waals surface area contributed by atoms with Crippen LogP contribution >= 0.6 is 0 Å². The molecular weight excluding hydrogens is 287 g/mol. The third-order valence-corrected chi connectivity index (χ3v) is 2.73. The van der Waals surface area contributed by atoms with Crippen molar-refractivity contribution in [1.29, 1.82) is 0 Å². The second-order valence-corrected chi connectivity index (χ2v) is 5.12. The summed E-state index contributed by atoms with van der Waals surface area (Å²) in [5.41, 5.74) is -0.998. The molecule has 21 heavy (non-hydrogen) atoms. The van der Waals surface area contributed by atoms with Crippen LogP contribution in [-0.4, -0.2) is 47.4 Å². The largest absolute Gasteiger partial charge is 0.435 e. The molecule has 5 nitrogen and oxygen atoms in total. The van der Waals surface area contributed by atoms with Crippen LogP contribution < -0.4 is 0 Å². The second kappa shape index (κ2) is 7.44. The molecule has 0 aliphatic carbocycles. The number of halogens is 3. The molecule has 1 amide bonds. The number of hydrogen-bond donors (Lipinski definition) is 0. The minimum absolute atomic E-state index is 0.216. The van der Waals surface area contributed by atoms with E-state index in [9.17, 15) is 18.0 Å². The third kappa shape index (κ3) is 5.74. The molecule has 1 rings (SSSR count). The first-order valence-corrected chi connectivity index (χ1v) is 6.61. The topological polar surface area (TPSA) is 47.4 Å². The Balaban J connectivity index is 2.69. The van der Waals surface area contributed by atoms with Gasteiger partial charge < -0.3 is 9.64 Å². The van der Waals surface area contributed by atoms with E-state index in [1.165, 1.54) is 7.11 Å². The van der Waals surface area contributed by atoms with Crippen LogP contribution in [0.1, 0.15) is 19.5 Å². The second-order valence-electron chi connectivity index (χ2n) is 5.12. The Bertz CT molecular complexity index is 458. The molecule has 0 saturated heterocycles. The van der Waals surface area contributed by atoms with Gasteiger partial charge >= 0.3 is 6.18 Å². The average molecular weight is 307 g/mol. The highest BCUT2D eigenvalue weighted by Crippen LogP contribution is 2.27. The number of ether oxygens (including phenoxy) is 1. The third-order valence-electron chi connectivity index (χ3n) is 2.73. The van der Waals surface area contributed by atoms with Crippen molar-refractivity contribution in [1.82, 2.24) is 14.7 Å². The summed E-state index contributed by atoms with van der Waals surface area (Å²) < 4.78 is 43.3. The minimum atomic E-state index is -4.50. The number of methoxy groups -OCH3 is 1. The molecule has 0 aliphatic rings. The van der Waals surface area contributed by atoms with Gasteiger partial charge in [-0.05, 0) is 12.0 Å². The summed E-state index contributed by atoms with van der Waals surface area (Å²) in [4.78, 5) is 13.7. The number of carbonyl (C=O) groups is 1. The summed E-state index contributed by atoms with van der Waals surface area (Å²) >= 11 is 0. The molecule has 0 spiro atoms. The van der Waals surface area contributed by atoms with Gasteiger partial charge in [0.2, 0.25) is 5.91 Å². The van der Waals surface area contributed by atoms with Crippen molar-refractivity contribution in [3.05, 3.63) is 18.0 Å². The van der Waals surface area contributed by atoms with E-state index >= 15 is 0 Å². The number of rotatable bonds is 7. The van der Waals surface area contributed by atoms with E-state index in [0.29, 0.717) is 19.7 Å². The Morgan fingerprint density at radius 1 is 1.48 bits per heavy atom. The van der Waals surface area contributed by atoms with Gasteiger partial charge in [0.05, 0.1) is 6.61 Å². The maximum Gasteiger partial charge on any atom is 0.435 e. The van der Waals surface area contributed by atoms with Gasteiger partial charge in [0.1, 0.15) is 6.54 Å². The van der Waals surface area contributed by atoms with Crippen molar-refractivity contribution in [2.75, 3.05) is 26.8 Å². The highest BCUT2D eigenvalue weighted by atomic mass is 19.4. The molecule has 1 aromatic heterocycles. The number of hydrogen-bond acceptors (Lipinski definition) is 3. The zero-order valence-electron chi connectivity index (χ0n) is 12.4. The zero-order chi connectivity index (χ0) is 16.0. The van der Waals surface area contributed by atoms with Crippen molar-refractivity contribution in [3.63, 3.8) is 0 Å². The molecule has 0 radical (unpaired) electrons. The molecule has 0 fully saturated rings. The van der Waals surface area contributed by atoms with Crippen LogP contribution in [-0.2, 0) is 22.3 Å². The van der Waals surface area contributed by atoms with E-state index in [0.717, 1.165) is 16.9 Å². The SMILES string of the molecule is COCCN(CC(C)C)C(=O)Cn1ccc(C(F)(F)F)n1. The van der Waals surface area contributed by atoms with Crippen LogP contribution in [0.4, 0.5) is 13.2 Å². The maximum absolute atomic E-state index is 12.4. The van der Waals surface area contributed by atoms with Gasteiger partial charge in [0.15, 0.2) is 5.69 Å². The fourth-order valence-electron chi connectivity index (χ4n) is 1.80. The van der Waals surface area contributed by atoms with Gasteiger partial charge in [0, 0.05) is 26.4 Å². The van der Waals surface area contributed by atoms with Gasteiger partial charge in [-0.3, -0.25) is 9.48 Å². The van der Waals surface area contributed by atoms with Crippen LogP contribution in [0.3, 0.4) is 0 Å². The molecule has 0 bridgehead atoms. The van der Waals surface area contributed by atoms with E-state index < -0.39 is 11.9 Å². The number of nitrogens with zero attached hydrogens (tertiary/aromatic N) is 3. The monoisotopic (exact) mass is 307 g/mol. The predicted molar refractivity (Wildman–Crippen MR) is 70.5 cm³/mol. The Labute approximate surface area is 121 Å². The van der Waals surface area contributed by atoms with E-state index in [1.54, 1.807) is 4.90 Å². The molecule has 0 aromatic carbocycles. The predicted octanol–water partition coefficient (Wildman–Crippen LogP) is 2.03. The molecule has 1 heterocycles. The van der Waals surface area contributed by atoms with Crippen molar-refractivity contribution < 1.29 is 22.7 Å². The maximum atomic E-state index is 12.4. The number of aromatic nitrogens is 2. The van der Waals surface area contributed by atoms with E-state index in [2.05, 4.69) is 5.10 Å². The first-order chi connectivity index (χ1) is 9.74. The summed E-state index contributed by atoms with van der Waals surface area (Å²) in [6.07, 6.45) is -3.34. The van der Waals surface area contributed by atoms with Crippen molar-refractivity contribution in [2.24, 2.45) is 5.92 Å². The van der Waals surface area contributed by atoms with Crippen LogP contribution in [0.25, 0.3) is 0 Å². The summed E-state index contributed by atoms with van der Waals surface area (Å²) in [7, 11) is 1.53. The first kappa shape index (κ1) is 17.5. The lowest BCUT2D eigenvalue weighted by Crippen LogP contribution is -2.38. The average Bonchev–Trinajstić information content (AvgIpc) is 2.82. The quantitative estimate of drug-likeness (QED) is 0.774. The molecule has 0 unspecified atom stereocenters. The first-order valence-electron chi connectivity index (χ1n) is 6.61. The van der Waals surface area contributed by atoms with Crippen LogP contribution in [0, 0.1) is 5.92 Å². The van der Waals surface area contributed by atoms with E-state index in [4.69, 9.17) is 4.74 Å². The molecule has 0 atom stereocenters. The minimum Gasteiger partial charge on any atom is -0.383 e. The lowest BCUT2D eigenvalue weighted by molar-refractivity contribution is -0.142. The molecular formula is C13H20F3N3O2. The molecule has 0 N–H and O–H groups in total. The van der Waals surface area contributed by atoms with Gasteiger partial charge in [-0.25, -0.2) is 0 Å². The van der Waals surface area contributed by atoms with Gasteiger partial charge in [0.25, 0.3) is 0 Å². The number of alkyl halides is 3. The highest BCUT2D eigenvalue weighted by molar-refractivity contribution is 5.75.